The molecule has 3 heteroatoms. The molecule has 0 heterocycles. The normalized spacial score (nSPS) is 19.1. The van der Waals surface area contributed by atoms with Gasteiger partial charge < -0.3 is 5.11 Å². The summed E-state index contributed by atoms with van der Waals surface area (Å²) < 4.78 is 14.0. The Morgan fingerprint density at radius 1 is 1.19 bits per heavy atom. The number of aliphatic hydroxyl groups excluding tert-OH is 1. The average molecular weight is 305 g/mol. The van der Waals surface area contributed by atoms with Gasteiger partial charge in [-0.1, -0.05) is 48.0 Å². The second-order valence-electron chi connectivity index (χ2n) is 5.68. The maximum Gasteiger partial charge on any atom is 0.145 e. The van der Waals surface area contributed by atoms with E-state index in [4.69, 9.17) is 11.6 Å². The van der Waals surface area contributed by atoms with Gasteiger partial charge in [-0.15, -0.1) is 0 Å². The molecule has 0 amide bonds. The summed E-state index contributed by atoms with van der Waals surface area (Å²) in [7, 11) is 0. The lowest BCUT2D eigenvalue weighted by molar-refractivity contribution is 0.133. The lowest BCUT2D eigenvalue weighted by Crippen LogP contribution is -2.25. The highest BCUT2D eigenvalue weighted by atomic mass is 35.5. The quantitative estimate of drug-likeness (QED) is 0.885. The van der Waals surface area contributed by atoms with E-state index in [1.165, 1.54) is 17.2 Å². The van der Waals surface area contributed by atoms with Crippen LogP contribution in [0.25, 0.3) is 0 Å². The van der Waals surface area contributed by atoms with Crippen molar-refractivity contribution in [1.29, 1.82) is 0 Å². The Labute approximate surface area is 129 Å². The number of hydrogen-bond acceptors (Lipinski definition) is 1. The Bertz CT molecular complexity index is 641. The molecular weight excluding hydrogens is 287 g/mol. The van der Waals surface area contributed by atoms with Crippen molar-refractivity contribution in [2.75, 3.05) is 0 Å². The molecule has 1 aliphatic rings. The number of benzene rings is 2. The standard InChI is InChI=1S/C18H18ClFO/c19-16-10-4-7-13(18(16)20)11-17(21)15-9-3-6-12-5-1-2-8-14(12)15/h1-2,4-5,7-8,10,15,17,21H,3,6,9,11H2. The first kappa shape index (κ1) is 14.6. The lowest BCUT2D eigenvalue weighted by atomic mass is 9.78. The van der Waals surface area contributed by atoms with Gasteiger partial charge in [-0.3, -0.25) is 0 Å². The van der Waals surface area contributed by atoms with Crippen LogP contribution in [0.2, 0.25) is 5.02 Å². The largest absolute Gasteiger partial charge is 0.392 e. The predicted octanol–water partition coefficient (Wildman–Crippen LogP) is 4.50. The highest BCUT2D eigenvalue weighted by Crippen LogP contribution is 2.35. The van der Waals surface area contributed by atoms with Gasteiger partial charge in [0.05, 0.1) is 11.1 Å². The van der Waals surface area contributed by atoms with Crippen LogP contribution < -0.4 is 0 Å². The van der Waals surface area contributed by atoms with Crippen molar-refractivity contribution in [1.82, 2.24) is 0 Å². The van der Waals surface area contributed by atoms with Crippen LogP contribution in [0.3, 0.4) is 0 Å². The Morgan fingerprint density at radius 3 is 2.86 bits per heavy atom. The second-order valence-corrected chi connectivity index (χ2v) is 6.09. The Hall–Kier alpha value is -1.38. The molecule has 2 aromatic rings. The molecule has 2 unspecified atom stereocenters. The van der Waals surface area contributed by atoms with Gasteiger partial charge in [-0.25, -0.2) is 4.39 Å². The second kappa shape index (κ2) is 6.17. The molecule has 1 nitrogen and oxygen atoms in total. The Kier molecular flexibility index (Phi) is 4.27. The molecule has 2 aromatic carbocycles. The number of rotatable bonds is 3. The smallest absolute Gasteiger partial charge is 0.145 e. The zero-order chi connectivity index (χ0) is 14.8. The van der Waals surface area contributed by atoms with Gasteiger partial charge in [0.1, 0.15) is 5.82 Å². The number of aliphatic hydroxyl groups is 1. The first-order valence-corrected chi connectivity index (χ1v) is 7.73. The molecule has 0 saturated heterocycles. The molecule has 110 valence electrons. The fourth-order valence-corrected chi connectivity index (χ4v) is 3.46. The van der Waals surface area contributed by atoms with Gasteiger partial charge in [-0.2, -0.15) is 0 Å². The number of halogens is 2. The fourth-order valence-electron chi connectivity index (χ4n) is 3.26. The summed E-state index contributed by atoms with van der Waals surface area (Å²) in [5.74, 6) is -0.337. The van der Waals surface area contributed by atoms with Crippen molar-refractivity contribution in [2.45, 2.75) is 37.7 Å². The maximum atomic E-state index is 14.0. The average Bonchev–Trinajstić information content (AvgIpc) is 2.51. The lowest BCUT2D eigenvalue weighted by Gasteiger charge is -2.29. The first-order valence-electron chi connectivity index (χ1n) is 7.35. The topological polar surface area (TPSA) is 20.2 Å². The molecule has 1 aliphatic carbocycles. The molecule has 0 aliphatic heterocycles. The van der Waals surface area contributed by atoms with E-state index in [0.717, 1.165) is 19.3 Å². The van der Waals surface area contributed by atoms with Crippen LogP contribution in [-0.2, 0) is 12.8 Å². The Balaban J connectivity index is 1.83. The minimum absolute atomic E-state index is 0.0772. The predicted molar refractivity (Wildman–Crippen MR) is 83.2 cm³/mol. The van der Waals surface area contributed by atoms with Crippen LogP contribution in [0.5, 0.6) is 0 Å². The van der Waals surface area contributed by atoms with E-state index in [9.17, 15) is 9.50 Å². The summed E-state index contributed by atoms with van der Waals surface area (Å²) in [6.07, 6.45) is 2.78. The third-order valence-corrected chi connectivity index (χ3v) is 4.63. The van der Waals surface area contributed by atoms with Crippen LogP contribution in [0.4, 0.5) is 4.39 Å². The SMILES string of the molecule is OC(Cc1cccc(Cl)c1F)C1CCCc2ccccc21. The molecule has 0 fully saturated rings. The molecule has 0 radical (unpaired) electrons. The zero-order valence-corrected chi connectivity index (χ0v) is 12.5. The molecule has 0 saturated carbocycles. The summed E-state index contributed by atoms with van der Waals surface area (Å²) in [6, 6.07) is 13.2. The number of hydrogen-bond donors (Lipinski definition) is 1. The fraction of sp³-hybridized carbons (Fsp3) is 0.333. The van der Waals surface area contributed by atoms with Crippen molar-refractivity contribution in [3.63, 3.8) is 0 Å². The first-order chi connectivity index (χ1) is 10.2. The molecule has 1 N–H and O–H groups in total. The number of aryl methyl sites for hydroxylation is 1. The van der Waals surface area contributed by atoms with Gasteiger partial charge in [0, 0.05) is 12.3 Å². The maximum absolute atomic E-state index is 14.0. The van der Waals surface area contributed by atoms with E-state index >= 15 is 0 Å². The van der Waals surface area contributed by atoms with Gasteiger partial charge in [0.15, 0.2) is 0 Å². The van der Waals surface area contributed by atoms with E-state index in [2.05, 4.69) is 12.1 Å². The summed E-state index contributed by atoms with van der Waals surface area (Å²) in [5, 5.41) is 10.7. The minimum atomic E-state index is -0.584. The monoisotopic (exact) mass is 304 g/mol. The third-order valence-electron chi connectivity index (χ3n) is 4.34. The van der Waals surface area contributed by atoms with Crippen molar-refractivity contribution in [3.05, 3.63) is 70.0 Å². The molecule has 21 heavy (non-hydrogen) atoms. The number of fused-ring (bicyclic) bond motifs is 1. The molecule has 0 spiro atoms. The molecule has 2 atom stereocenters. The zero-order valence-electron chi connectivity index (χ0n) is 11.7. The summed E-state index contributed by atoms with van der Waals surface area (Å²) in [4.78, 5) is 0. The van der Waals surface area contributed by atoms with Crippen LogP contribution in [0, 0.1) is 5.82 Å². The van der Waals surface area contributed by atoms with Gasteiger partial charge >= 0.3 is 0 Å². The Morgan fingerprint density at radius 2 is 2.00 bits per heavy atom. The van der Waals surface area contributed by atoms with Crippen molar-refractivity contribution in [2.24, 2.45) is 0 Å². The third kappa shape index (κ3) is 2.97. The highest BCUT2D eigenvalue weighted by molar-refractivity contribution is 6.30. The molecule has 0 bridgehead atoms. The van der Waals surface area contributed by atoms with Crippen LogP contribution >= 0.6 is 11.6 Å². The van der Waals surface area contributed by atoms with Crippen LogP contribution in [-0.4, -0.2) is 11.2 Å². The van der Waals surface area contributed by atoms with Gasteiger partial charge in [0.2, 0.25) is 0 Å². The van der Waals surface area contributed by atoms with E-state index in [-0.39, 0.29) is 10.9 Å². The molecule has 3 rings (SSSR count). The minimum Gasteiger partial charge on any atom is -0.392 e. The summed E-state index contributed by atoms with van der Waals surface area (Å²) in [5.41, 5.74) is 3.00. The van der Waals surface area contributed by atoms with E-state index < -0.39 is 11.9 Å². The summed E-state index contributed by atoms with van der Waals surface area (Å²) >= 11 is 5.81. The van der Waals surface area contributed by atoms with E-state index in [0.29, 0.717) is 12.0 Å². The van der Waals surface area contributed by atoms with E-state index in [1.54, 1.807) is 12.1 Å². The van der Waals surface area contributed by atoms with Crippen molar-refractivity contribution >= 4 is 11.6 Å². The van der Waals surface area contributed by atoms with Crippen LogP contribution in [0.15, 0.2) is 42.5 Å². The summed E-state index contributed by atoms with van der Waals surface area (Å²) in [6.45, 7) is 0. The molecular formula is C18H18ClFO. The van der Waals surface area contributed by atoms with Crippen LogP contribution in [0.1, 0.15) is 35.4 Å². The van der Waals surface area contributed by atoms with Gasteiger partial charge in [0.25, 0.3) is 0 Å². The van der Waals surface area contributed by atoms with E-state index in [1.807, 2.05) is 12.1 Å². The van der Waals surface area contributed by atoms with Crippen molar-refractivity contribution < 1.29 is 9.50 Å². The van der Waals surface area contributed by atoms with Crippen molar-refractivity contribution in [3.8, 4) is 0 Å². The molecule has 0 aromatic heterocycles. The van der Waals surface area contributed by atoms with Gasteiger partial charge in [-0.05, 0) is 42.0 Å². The highest BCUT2D eigenvalue weighted by Gasteiger charge is 2.27.